The molecule has 5 heterocycles. The van der Waals surface area contributed by atoms with E-state index in [0.717, 1.165) is 59.2 Å². The Morgan fingerprint density at radius 3 is 2.74 bits per heavy atom. The van der Waals surface area contributed by atoms with Crippen molar-refractivity contribution in [3.63, 3.8) is 0 Å². The van der Waals surface area contributed by atoms with Crippen molar-refractivity contribution in [2.24, 2.45) is 17.3 Å². The van der Waals surface area contributed by atoms with Gasteiger partial charge in [-0.15, -0.1) is 0 Å². The largest absolute Gasteiger partial charge is 0.481 e. The third-order valence-corrected chi connectivity index (χ3v) is 10.9. The fourth-order valence-electron chi connectivity index (χ4n) is 6.71. The predicted molar refractivity (Wildman–Crippen MR) is 155 cm³/mol. The lowest BCUT2D eigenvalue weighted by Gasteiger charge is -2.56. The van der Waals surface area contributed by atoms with E-state index in [2.05, 4.69) is 32.2 Å². The maximum Gasteiger partial charge on any atom is 0.309 e. The summed E-state index contributed by atoms with van der Waals surface area (Å²) in [7, 11) is 2.35. The van der Waals surface area contributed by atoms with Crippen LogP contribution in [-0.4, -0.2) is 74.8 Å². The van der Waals surface area contributed by atoms with Crippen molar-refractivity contribution in [1.29, 1.82) is 0 Å². The monoisotopic (exact) mass is 590 g/mol. The van der Waals surface area contributed by atoms with Crippen LogP contribution in [0.2, 0.25) is 10.0 Å². The SMILES string of the molecule is C[C@@H](Nc1ncnc2nc(N3CC([C@H]4CCC[N+](C)(C5CC(C)(C(=O)O)C5)C4)C3)sc12)c1ncc(Cl)cc1Cl. The minimum atomic E-state index is -0.646. The summed E-state index contributed by atoms with van der Waals surface area (Å²) in [6.07, 6.45) is 7.19. The van der Waals surface area contributed by atoms with Crippen LogP contribution < -0.4 is 10.2 Å². The van der Waals surface area contributed by atoms with Crippen molar-refractivity contribution in [3.05, 3.63) is 34.3 Å². The lowest BCUT2D eigenvalue weighted by molar-refractivity contribution is -0.949. The number of hydrogen-bond acceptors (Lipinski definition) is 8. The lowest BCUT2D eigenvalue weighted by atomic mass is 9.64. The van der Waals surface area contributed by atoms with Gasteiger partial charge < -0.3 is 19.8 Å². The predicted octanol–water partition coefficient (Wildman–Crippen LogP) is 5.51. The van der Waals surface area contributed by atoms with Crippen molar-refractivity contribution in [3.8, 4) is 0 Å². The molecule has 1 saturated carbocycles. The average molecular weight is 592 g/mol. The number of fused-ring (bicyclic) bond motifs is 1. The van der Waals surface area contributed by atoms with E-state index >= 15 is 0 Å². The Bertz CT molecular complexity index is 1410. The van der Waals surface area contributed by atoms with Gasteiger partial charge in [0.1, 0.15) is 16.8 Å². The van der Waals surface area contributed by atoms with Gasteiger partial charge in [-0.3, -0.25) is 9.78 Å². The molecule has 1 unspecified atom stereocenters. The van der Waals surface area contributed by atoms with Gasteiger partial charge in [-0.25, -0.2) is 9.97 Å². The van der Waals surface area contributed by atoms with Crippen LogP contribution in [0, 0.1) is 17.3 Å². The highest BCUT2D eigenvalue weighted by Crippen LogP contribution is 2.48. The molecule has 0 bridgehead atoms. The number of carboxylic acids is 1. The second-order valence-electron chi connectivity index (χ2n) is 12.1. The highest BCUT2D eigenvalue weighted by atomic mass is 35.5. The zero-order chi connectivity index (χ0) is 27.5. The first-order chi connectivity index (χ1) is 18.5. The number of aliphatic carboxylic acids is 1. The summed E-state index contributed by atoms with van der Waals surface area (Å²) >= 11 is 14.0. The highest BCUT2D eigenvalue weighted by molar-refractivity contribution is 7.22. The Labute approximate surface area is 242 Å². The Morgan fingerprint density at radius 1 is 1.26 bits per heavy atom. The van der Waals surface area contributed by atoms with Crippen LogP contribution in [0.25, 0.3) is 10.3 Å². The molecule has 0 radical (unpaired) electrons. The van der Waals surface area contributed by atoms with Gasteiger partial charge in [0, 0.05) is 44.0 Å². The first-order valence-electron chi connectivity index (χ1n) is 13.6. The quantitative estimate of drug-likeness (QED) is 0.347. The normalized spacial score (nSPS) is 30.0. The lowest BCUT2D eigenvalue weighted by Crippen LogP contribution is -2.66. The van der Waals surface area contributed by atoms with Crippen LogP contribution in [-0.2, 0) is 4.79 Å². The molecule has 0 spiro atoms. The Kier molecular flexibility index (Phi) is 6.89. The summed E-state index contributed by atoms with van der Waals surface area (Å²) in [5, 5.41) is 15.0. The fourth-order valence-corrected chi connectivity index (χ4v) is 8.24. The van der Waals surface area contributed by atoms with Crippen molar-refractivity contribution < 1.29 is 14.4 Å². The number of nitrogens with one attached hydrogen (secondary N) is 1. The Morgan fingerprint density at radius 2 is 2.03 bits per heavy atom. The highest BCUT2D eigenvalue weighted by Gasteiger charge is 2.56. The van der Waals surface area contributed by atoms with E-state index < -0.39 is 11.4 Å². The molecule has 3 aromatic rings. The molecular weight excluding hydrogens is 557 g/mol. The van der Waals surface area contributed by atoms with Crippen molar-refractivity contribution in [2.75, 3.05) is 43.4 Å². The van der Waals surface area contributed by atoms with Gasteiger partial charge in [0.2, 0.25) is 0 Å². The molecule has 12 heteroatoms. The van der Waals surface area contributed by atoms with Gasteiger partial charge in [0.05, 0.1) is 53.4 Å². The first kappa shape index (κ1) is 26.9. The molecule has 3 aromatic heterocycles. The standard InChI is InChI=1S/C27H33Cl2N7O2S/c1-15(21-20(29)7-18(28)10-30-21)33-23-22-24(32-14-31-23)34-26(39-22)35-11-17(12-35)16-5-4-6-36(3,13-16)19-8-27(2,9-19)25(37)38/h7,10,14-17,19H,4-6,8-9,11-13H2,1-3H3,(H-,31,32,33,37,38)/p+1/t15-,16+,19?,27?,36?/m1/s1. The maximum absolute atomic E-state index is 11.6. The molecule has 3 fully saturated rings. The number of quaternary nitrogens is 1. The molecular formula is C27H34Cl2N7O2S+. The van der Waals surface area contributed by atoms with Gasteiger partial charge in [-0.2, -0.15) is 4.98 Å². The topological polar surface area (TPSA) is 104 Å². The molecule has 3 atom stereocenters. The molecule has 2 N–H and O–H groups in total. The average Bonchev–Trinajstić information content (AvgIpc) is 3.25. The van der Waals surface area contributed by atoms with Gasteiger partial charge in [-0.05, 0) is 32.8 Å². The van der Waals surface area contributed by atoms with E-state index in [-0.39, 0.29) is 6.04 Å². The van der Waals surface area contributed by atoms with Gasteiger partial charge >= 0.3 is 5.97 Å². The van der Waals surface area contributed by atoms with Crippen LogP contribution in [0.1, 0.15) is 51.3 Å². The Balaban J connectivity index is 1.10. The first-order valence-corrected chi connectivity index (χ1v) is 15.1. The second-order valence-corrected chi connectivity index (χ2v) is 14.0. The van der Waals surface area contributed by atoms with Gasteiger partial charge in [0.15, 0.2) is 10.8 Å². The minimum absolute atomic E-state index is 0.172. The van der Waals surface area contributed by atoms with E-state index in [0.29, 0.717) is 39.3 Å². The van der Waals surface area contributed by atoms with E-state index in [1.165, 1.54) is 19.2 Å². The maximum atomic E-state index is 11.6. The summed E-state index contributed by atoms with van der Waals surface area (Å²) in [5.41, 5.74) is 0.854. The fraction of sp³-hybridized carbons (Fsp3) is 0.593. The number of rotatable bonds is 7. The minimum Gasteiger partial charge on any atom is -0.481 e. The number of thiazole rings is 1. The van der Waals surface area contributed by atoms with E-state index in [4.69, 9.17) is 28.2 Å². The number of piperidine rings is 1. The van der Waals surface area contributed by atoms with Crippen molar-refractivity contribution >= 4 is 61.8 Å². The van der Waals surface area contributed by atoms with Gasteiger partial charge in [-0.1, -0.05) is 34.5 Å². The molecule has 39 heavy (non-hydrogen) atoms. The van der Waals surface area contributed by atoms with Gasteiger partial charge in [0.25, 0.3) is 0 Å². The van der Waals surface area contributed by atoms with E-state index in [9.17, 15) is 9.90 Å². The van der Waals surface area contributed by atoms with Crippen LogP contribution in [0.5, 0.6) is 0 Å². The molecule has 3 aliphatic rings. The number of hydrogen-bond donors (Lipinski definition) is 2. The molecule has 1 aliphatic carbocycles. The molecule has 2 saturated heterocycles. The van der Waals surface area contributed by atoms with Crippen LogP contribution in [0.15, 0.2) is 18.6 Å². The van der Waals surface area contributed by atoms with E-state index in [1.54, 1.807) is 23.6 Å². The van der Waals surface area contributed by atoms with Crippen LogP contribution >= 0.6 is 34.5 Å². The van der Waals surface area contributed by atoms with E-state index in [1.807, 2.05) is 13.8 Å². The molecule has 9 nitrogen and oxygen atoms in total. The smallest absolute Gasteiger partial charge is 0.309 e. The summed E-state index contributed by atoms with van der Waals surface area (Å²) < 4.78 is 1.95. The molecule has 0 aromatic carbocycles. The number of aromatic nitrogens is 4. The zero-order valence-electron chi connectivity index (χ0n) is 22.4. The third-order valence-electron chi connectivity index (χ3n) is 9.29. The van der Waals surface area contributed by atoms with Crippen molar-refractivity contribution in [2.45, 2.75) is 51.6 Å². The number of anilines is 2. The number of pyridine rings is 1. The van der Waals surface area contributed by atoms with Crippen LogP contribution in [0.3, 0.4) is 0 Å². The molecule has 6 rings (SSSR count). The second kappa shape index (κ2) is 9.98. The number of carbonyl (C=O) groups is 1. The summed E-state index contributed by atoms with van der Waals surface area (Å²) in [4.78, 5) is 32.1. The van der Waals surface area contributed by atoms with Crippen molar-refractivity contribution in [1.82, 2.24) is 19.9 Å². The third kappa shape index (κ3) is 4.94. The summed E-state index contributed by atoms with van der Waals surface area (Å²) in [6.45, 7) is 8.20. The number of nitrogens with zero attached hydrogens (tertiary/aromatic N) is 6. The number of carboxylic acid groups (broad SMARTS) is 1. The molecule has 0 amide bonds. The number of halogens is 2. The Hall–Kier alpha value is -2.27. The van der Waals surface area contributed by atoms with Crippen LogP contribution in [0.4, 0.5) is 10.9 Å². The molecule has 208 valence electrons. The molecule has 2 aliphatic heterocycles. The number of likely N-dealkylation sites (tertiary alicyclic amines) is 1. The summed E-state index contributed by atoms with van der Waals surface area (Å²) in [6, 6.07) is 1.99. The summed E-state index contributed by atoms with van der Waals surface area (Å²) in [5.74, 6) is 1.38. The zero-order valence-corrected chi connectivity index (χ0v) is 24.7.